The highest BCUT2D eigenvalue weighted by atomic mass is 32.1. The van der Waals surface area contributed by atoms with Gasteiger partial charge in [-0.15, -0.1) is 11.3 Å². The van der Waals surface area contributed by atoms with Crippen LogP contribution in [0.3, 0.4) is 0 Å². The van der Waals surface area contributed by atoms with E-state index in [4.69, 9.17) is 4.74 Å². The van der Waals surface area contributed by atoms with Gasteiger partial charge in [-0.1, -0.05) is 18.2 Å². The van der Waals surface area contributed by atoms with Crippen molar-refractivity contribution in [1.82, 2.24) is 10.2 Å². The molecule has 134 valence electrons. The van der Waals surface area contributed by atoms with Gasteiger partial charge in [-0.25, -0.2) is 9.89 Å². The Morgan fingerprint density at radius 1 is 1.27 bits per heavy atom. The Kier molecular flexibility index (Phi) is 5.13. The van der Waals surface area contributed by atoms with E-state index in [9.17, 15) is 14.4 Å². The van der Waals surface area contributed by atoms with Crippen molar-refractivity contribution < 1.29 is 14.3 Å². The van der Waals surface area contributed by atoms with Crippen LogP contribution in [0.1, 0.15) is 27.9 Å². The first kappa shape index (κ1) is 17.8. The Morgan fingerprint density at radius 3 is 2.73 bits per heavy atom. The second-order valence-electron chi connectivity index (χ2n) is 5.61. The van der Waals surface area contributed by atoms with Gasteiger partial charge in [-0.3, -0.25) is 9.59 Å². The highest BCUT2D eigenvalue weighted by molar-refractivity contribution is 7.18. The van der Waals surface area contributed by atoms with Crippen molar-refractivity contribution in [3.8, 4) is 0 Å². The number of hydrogen-bond donors (Lipinski definition) is 2. The third kappa shape index (κ3) is 3.65. The fourth-order valence-electron chi connectivity index (χ4n) is 2.58. The number of amides is 1. The van der Waals surface area contributed by atoms with Gasteiger partial charge in [-0.2, -0.15) is 5.10 Å². The summed E-state index contributed by atoms with van der Waals surface area (Å²) < 4.78 is 5.00. The maximum atomic E-state index is 12.4. The molecule has 1 amide bonds. The molecule has 8 heteroatoms. The van der Waals surface area contributed by atoms with Gasteiger partial charge in [0.25, 0.3) is 5.56 Å². The first-order valence-electron chi connectivity index (χ1n) is 8.03. The molecule has 0 aliphatic heterocycles. The quantitative estimate of drug-likeness (QED) is 0.672. The number of rotatable bonds is 5. The minimum absolute atomic E-state index is 0.00296. The number of carbonyl (C=O) groups is 2. The largest absolute Gasteiger partial charge is 0.462 e. The number of aromatic nitrogens is 2. The molecule has 1 aromatic carbocycles. The zero-order valence-corrected chi connectivity index (χ0v) is 15.1. The standard InChI is InChI=1S/C18H17N3O4S/c1-3-25-18(24)16-10(2)8-15(26-16)19-14(22)9-13-11-6-4-5-7-12(11)17(23)21-20-13/h4-8H,3,9H2,1-2H3,(H,19,22)(H,21,23). The van der Waals surface area contributed by atoms with Crippen LogP contribution in [-0.4, -0.2) is 28.7 Å². The molecule has 0 atom stereocenters. The lowest BCUT2D eigenvalue weighted by molar-refractivity contribution is -0.115. The minimum atomic E-state index is -0.399. The van der Waals surface area contributed by atoms with Gasteiger partial charge in [-0.05, 0) is 31.5 Å². The van der Waals surface area contributed by atoms with E-state index in [-0.39, 0.29) is 17.9 Å². The Hall–Kier alpha value is -3.00. The van der Waals surface area contributed by atoms with Crippen LogP contribution in [0.4, 0.5) is 5.00 Å². The van der Waals surface area contributed by atoms with Crippen LogP contribution in [0.15, 0.2) is 35.1 Å². The van der Waals surface area contributed by atoms with Crippen LogP contribution in [0.5, 0.6) is 0 Å². The summed E-state index contributed by atoms with van der Waals surface area (Å²) in [7, 11) is 0. The van der Waals surface area contributed by atoms with Crippen molar-refractivity contribution in [1.29, 1.82) is 0 Å². The predicted molar refractivity (Wildman–Crippen MR) is 99.7 cm³/mol. The van der Waals surface area contributed by atoms with Crippen LogP contribution in [-0.2, 0) is 16.0 Å². The molecule has 0 fully saturated rings. The number of thiophene rings is 1. The number of anilines is 1. The van der Waals surface area contributed by atoms with E-state index in [1.807, 2.05) is 0 Å². The normalized spacial score (nSPS) is 10.7. The molecule has 0 unspecified atom stereocenters. The van der Waals surface area contributed by atoms with Gasteiger partial charge in [0.05, 0.1) is 29.1 Å². The van der Waals surface area contributed by atoms with E-state index >= 15 is 0 Å². The molecule has 26 heavy (non-hydrogen) atoms. The molecule has 0 spiro atoms. The number of aromatic amines is 1. The molecule has 0 aliphatic carbocycles. The molecular weight excluding hydrogens is 354 g/mol. The number of nitrogens with zero attached hydrogens (tertiary/aromatic N) is 1. The fraction of sp³-hybridized carbons (Fsp3) is 0.222. The number of carbonyl (C=O) groups excluding carboxylic acids is 2. The number of benzene rings is 1. The number of esters is 1. The fourth-order valence-corrected chi connectivity index (χ4v) is 3.57. The van der Waals surface area contributed by atoms with E-state index in [1.54, 1.807) is 44.2 Å². The Labute approximate surface area is 153 Å². The first-order chi connectivity index (χ1) is 12.5. The number of aryl methyl sites for hydroxylation is 1. The summed E-state index contributed by atoms with van der Waals surface area (Å²) in [5.74, 6) is -0.685. The third-order valence-electron chi connectivity index (χ3n) is 3.74. The van der Waals surface area contributed by atoms with Crippen molar-refractivity contribution in [2.75, 3.05) is 11.9 Å². The second-order valence-corrected chi connectivity index (χ2v) is 6.67. The summed E-state index contributed by atoms with van der Waals surface area (Å²) in [5.41, 5.74) is 0.936. The maximum Gasteiger partial charge on any atom is 0.348 e. The monoisotopic (exact) mass is 371 g/mol. The zero-order valence-electron chi connectivity index (χ0n) is 14.3. The van der Waals surface area contributed by atoms with Crippen molar-refractivity contribution in [2.45, 2.75) is 20.3 Å². The lowest BCUT2D eigenvalue weighted by Crippen LogP contribution is -2.18. The van der Waals surface area contributed by atoms with Gasteiger partial charge in [0.1, 0.15) is 4.88 Å². The van der Waals surface area contributed by atoms with Crippen molar-refractivity contribution >= 4 is 39.0 Å². The lowest BCUT2D eigenvalue weighted by Gasteiger charge is -2.05. The number of nitrogens with one attached hydrogen (secondary N) is 2. The topological polar surface area (TPSA) is 101 Å². The van der Waals surface area contributed by atoms with Crippen molar-refractivity contribution in [2.24, 2.45) is 0 Å². The van der Waals surface area contributed by atoms with Gasteiger partial charge >= 0.3 is 5.97 Å². The maximum absolute atomic E-state index is 12.4. The number of H-pyrrole nitrogens is 1. The van der Waals surface area contributed by atoms with Crippen LogP contribution < -0.4 is 10.9 Å². The molecule has 3 rings (SSSR count). The molecule has 0 aliphatic rings. The molecule has 2 heterocycles. The number of hydrogen-bond acceptors (Lipinski definition) is 6. The van der Waals surface area contributed by atoms with Crippen LogP contribution in [0, 0.1) is 6.92 Å². The lowest BCUT2D eigenvalue weighted by atomic mass is 10.1. The Balaban J connectivity index is 1.78. The van der Waals surface area contributed by atoms with Gasteiger partial charge in [0, 0.05) is 5.39 Å². The third-order valence-corrected chi connectivity index (χ3v) is 4.88. The van der Waals surface area contributed by atoms with Gasteiger partial charge in [0.15, 0.2) is 0 Å². The second kappa shape index (κ2) is 7.49. The highest BCUT2D eigenvalue weighted by Crippen LogP contribution is 2.27. The molecule has 0 saturated carbocycles. The van der Waals surface area contributed by atoms with Crippen LogP contribution in [0.25, 0.3) is 10.8 Å². The molecule has 0 saturated heterocycles. The minimum Gasteiger partial charge on any atom is -0.462 e. The molecule has 0 radical (unpaired) electrons. The van der Waals surface area contributed by atoms with Crippen molar-refractivity contribution in [3.63, 3.8) is 0 Å². The van der Waals surface area contributed by atoms with E-state index < -0.39 is 5.97 Å². The molecule has 0 bridgehead atoms. The van der Waals surface area contributed by atoms with Gasteiger partial charge < -0.3 is 10.1 Å². The summed E-state index contributed by atoms with van der Waals surface area (Å²) in [4.78, 5) is 36.5. The summed E-state index contributed by atoms with van der Waals surface area (Å²) >= 11 is 1.17. The van der Waals surface area contributed by atoms with E-state index in [0.29, 0.717) is 33.0 Å². The molecular formula is C18H17N3O4S. The average Bonchev–Trinajstić information content (AvgIpc) is 2.98. The van der Waals surface area contributed by atoms with Crippen LogP contribution in [0.2, 0.25) is 0 Å². The first-order valence-corrected chi connectivity index (χ1v) is 8.85. The smallest absolute Gasteiger partial charge is 0.348 e. The van der Waals surface area contributed by atoms with E-state index in [2.05, 4.69) is 15.5 Å². The summed E-state index contributed by atoms with van der Waals surface area (Å²) in [6.45, 7) is 3.82. The Bertz CT molecular complexity index is 1040. The SMILES string of the molecule is CCOC(=O)c1sc(NC(=O)Cc2n[nH]c(=O)c3ccccc23)cc1C. The zero-order chi connectivity index (χ0) is 18.7. The van der Waals surface area contributed by atoms with Crippen molar-refractivity contribution in [3.05, 3.63) is 56.8 Å². The number of ether oxygens (including phenoxy) is 1. The Morgan fingerprint density at radius 2 is 2.00 bits per heavy atom. The summed E-state index contributed by atoms with van der Waals surface area (Å²) in [6, 6.07) is 8.72. The van der Waals surface area contributed by atoms with E-state index in [1.165, 1.54) is 11.3 Å². The average molecular weight is 371 g/mol. The molecule has 3 aromatic rings. The summed E-state index contributed by atoms with van der Waals surface area (Å²) in [6.07, 6.45) is 0.00296. The molecule has 7 nitrogen and oxygen atoms in total. The molecule has 2 aromatic heterocycles. The van der Waals surface area contributed by atoms with Gasteiger partial charge in [0.2, 0.25) is 5.91 Å². The number of fused-ring (bicyclic) bond motifs is 1. The predicted octanol–water partition coefficient (Wildman–Crippen LogP) is 2.65. The molecule has 2 N–H and O–H groups in total. The summed E-state index contributed by atoms with van der Waals surface area (Å²) in [5, 5.41) is 10.9. The highest BCUT2D eigenvalue weighted by Gasteiger charge is 2.17. The van der Waals surface area contributed by atoms with Crippen LogP contribution >= 0.6 is 11.3 Å². The van der Waals surface area contributed by atoms with E-state index in [0.717, 1.165) is 5.56 Å².